The van der Waals surface area contributed by atoms with Gasteiger partial charge in [0, 0.05) is 24.5 Å². The lowest BCUT2D eigenvalue weighted by atomic mass is 10.2. The van der Waals surface area contributed by atoms with Gasteiger partial charge in [-0.2, -0.15) is 0 Å². The van der Waals surface area contributed by atoms with E-state index in [2.05, 4.69) is 20.3 Å². The molecule has 2 heterocycles. The van der Waals surface area contributed by atoms with Gasteiger partial charge in [-0.25, -0.2) is 9.97 Å². The van der Waals surface area contributed by atoms with Crippen molar-refractivity contribution in [1.29, 1.82) is 0 Å². The predicted octanol–water partition coefficient (Wildman–Crippen LogP) is 2.59. The van der Waals surface area contributed by atoms with Crippen LogP contribution in [0.5, 0.6) is 11.5 Å². The highest BCUT2D eigenvalue weighted by atomic mass is 16.5. The van der Waals surface area contributed by atoms with Crippen molar-refractivity contribution in [3.8, 4) is 11.5 Å². The summed E-state index contributed by atoms with van der Waals surface area (Å²) >= 11 is 0. The topological polar surface area (TPSA) is 139 Å². The number of aromatic amines is 1. The number of nitrogens with one attached hydrogen (secondary N) is 2. The summed E-state index contributed by atoms with van der Waals surface area (Å²) in [5.41, 5.74) is 7.86. The third kappa shape index (κ3) is 6.06. The van der Waals surface area contributed by atoms with E-state index in [9.17, 15) is 4.79 Å². The van der Waals surface area contributed by atoms with Gasteiger partial charge in [0.1, 0.15) is 17.8 Å². The van der Waals surface area contributed by atoms with Gasteiger partial charge < -0.3 is 30.6 Å². The monoisotopic (exact) mass is 430 g/mol. The standard InChI is InChI=1S/C20H26N6O4.CH4/c1-26(11-17(27)28)10-13-9-22-19-18(13)20(24-12-23-19)25-14-4-5-15(29-2)16(8-14)30-7-3-6-21;/h4-5,8-9,12H,3,6-7,10-11,21H2,1-2H3,(H,27,28)(H2,22,23,24,25);1H4. The molecule has 3 aromatic rings. The van der Waals surface area contributed by atoms with E-state index < -0.39 is 5.97 Å². The summed E-state index contributed by atoms with van der Waals surface area (Å²) < 4.78 is 11.2. The number of carboxylic acids is 1. The van der Waals surface area contributed by atoms with E-state index >= 15 is 0 Å². The predicted molar refractivity (Wildman–Crippen MR) is 120 cm³/mol. The number of aromatic nitrogens is 3. The number of methoxy groups -OCH3 is 1. The molecule has 2 aromatic heterocycles. The molecule has 0 atom stereocenters. The number of hydrogen-bond donors (Lipinski definition) is 4. The Kier molecular flexibility index (Phi) is 8.59. The summed E-state index contributed by atoms with van der Waals surface area (Å²) in [5, 5.41) is 13.1. The SMILES string of the molecule is C.COc1ccc(Nc2ncnc3[nH]cc(CN(C)CC(=O)O)c23)cc1OCCCN. The number of ether oxygens (including phenoxy) is 2. The number of nitrogens with zero attached hydrogens (tertiary/aromatic N) is 3. The number of hydrogen-bond acceptors (Lipinski definition) is 8. The molecule has 0 saturated heterocycles. The van der Waals surface area contributed by atoms with Gasteiger partial charge in [0.05, 0.1) is 25.6 Å². The zero-order valence-corrected chi connectivity index (χ0v) is 17.0. The molecule has 3 rings (SSSR count). The van der Waals surface area contributed by atoms with Crippen LogP contribution in [0.25, 0.3) is 11.0 Å². The molecule has 5 N–H and O–H groups in total. The number of anilines is 2. The number of aliphatic carboxylic acids is 1. The first kappa shape index (κ1) is 23.9. The number of rotatable bonds is 11. The van der Waals surface area contributed by atoms with Gasteiger partial charge in [-0.1, -0.05) is 7.43 Å². The van der Waals surface area contributed by atoms with Crippen LogP contribution in [-0.4, -0.2) is 64.8 Å². The molecule has 0 bridgehead atoms. The molecule has 0 fully saturated rings. The second kappa shape index (κ2) is 11.1. The molecule has 0 saturated carbocycles. The van der Waals surface area contributed by atoms with Crippen molar-refractivity contribution in [2.24, 2.45) is 5.73 Å². The second-order valence-corrected chi connectivity index (χ2v) is 6.81. The van der Waals surface area contributed by atoms with Gasteiger partial charge in [0.15, 0.2) is 11.5 Å². The van der Waals surface area contributed by atoms with Crippen molar-refractivity contribution in [2.75, 3.05) is 39.2 Å². The van der Waals surface area contributed by atoms with Crippen LogP contribution in [0.2, 0.25) is 0 Å². The fourth-order valence-corrected chi connectivity index (χ4v) is 3.09. The molecule has 31 heavy (non-hydrogen) atoms. The van der Waals surface area contributed by atoms with Crippen LogP contribution in [0, 0.1) is 0 Å². The first-order valence-corrected chi connectivity index (χ1v) is 9.51. The maximum absolute atomic E-state index is 11.0. The quantitative estimate of drug-likeness (QED) is 0.338. The van der Waals surface area contributed by atoms with Gasteiger partial charge >= 0.3 is 5.97 Å². The molecule has 0 aliphatic carbocycles. The number of nitrogens with two attached hydrogens (primary N) is 1. The normalized spacial score (nSPS) is 10.7. The maximum Gasteiger partial charge on any atom is 0.317 e. The van der Waals surface area contributed by atoms with Crippen LogP contribution < -0.4 is 20.5 Å². The Morgan fingerprint density at radius 2 is 2.13 bits per heavy atom. The van der Waals surface area contributed by atoms with Crippen LogP contribution in [-0.2, 0) is 11.3 Å². The molecule has 0 unspecified atom stereocenters. The van der Waals surface area contributed by atoms with E-state index in [4.69, 9.17) is 20.3 Å². The highest BCUT2D eigenvalue weighted by molar-refractivity contribution is 5.92. The van der Waals surface area contributed by atoms with Crippen molar-refractivity contribution >= 4 is 28.5 Å². The summed E-state index contributed by atoms with van der Waals surface area (Å²) in [6.07, 6.45) is 4.02. The molecular weight excluding hydrogens is 400 g/mol. The molecule has 0 radical (unpaired) electrons. The Balaban J connectivity index is 0.00000341. The highest BCUT2D eigenvalue weighted by Crippen LogP contribution is 2.33. The van der Waals surface area contributed by atoms with Crippen molar-refractivity contribution in [2.45, 2.75) is 20.4 Å². The largest absolute Gasteiger partial charge is 0.493 e. The Hall–Kier alpha value is -3.37. The average molecular weight is 431 g/mol. The van der Waals surface area contributed by atoms with Gasteiger partial charge in [-0.3, -0.25) is 9.69 Å². The van der Waals surface area contributed by atoms with E-state index in [-0.39, 0.29) is 14.0 Å². The zero-order chi connectivity index (χ0) is 21.5. The van der Waals surface area contributed by atoms with Gasteiger partial charge in [-0.05, 0) is 37.7 Å². The summed E-state index contributed by atoms with van der Waals surface area (Å²) in [6, 6.07) is 5.52. The van der Waals surface area contributed by atoms with Crippen LogP contribution in [0.4, 0.5) is 11.5 Å². The van der Waals surface area contributed by atoms with Crippen molar-refractivity contribution in [3.05, 3.63) is 36.3 Å². The average Bonchev–Trinajstić information content (AvgIpc) is 3.11. The van der Waals surface area contributed by atoms with E-state index in [1.165, 1.54) is 6.33 Å². The van der Waals surface area contributed by atoms with E-state index in [0.29, 0.717) is 42.7 Å². The maximum atomic E-state index is 11.0. The fraction of sp³-hybridized carbons (Fsp3) is 0.381. The summed E-state index contributed by atoms with van der Waals surface area (Å²) in [7, 11) is 3.34. The number of fused-ring (bicyclic) bond motifs is 1. The number of likely N-dealkylation sites (N-methyl/N-ethyl adjacent to an activating group) is 1. The minimum atomic E-state index is -0.882. The van der Waals surface area contributed by atoms with Gasteiger partial charge in [0.2, 0.25) is 0 Å². The first-order valence-electron chi connectivity index (χ1n) is 9.51. The Bertz CT molecular complexity index is 1010. The Morgan fingerprint density at radius 1 is 1.32 bits per heavy atom. The lowest BCUT2D eigenvalue weighted by molar-refractivity contribution is -0.138. The van der Waals surface area contributed by atoms with E-state index in [1.54, 1.807) is 19.1 Å². The van der Waals surface area contributed by atoms with Gasteiger partial charge in [-0.15, -0.1) is 0 Å². The third-order valence-corrected chi connectivity index (χ3v) is 4.43. The fourth-order valence-electron chi connectivity index (χ4n) is 3.09. The molecule has 0 aliphatic rings. The summed E-state index contributed by atoms with van der Waals surface area (Å²) in [6.45, 7) is 1.41. The van der Waals surface area contributed by atoms with Crippen LogP contribution in [0.3, 0.4) is 0 Å². The lowest BCUT2D eigenvalue weighted by Gasteiger charge is -2.15. The van der Waals surface area contributed by atoms with E-state index in [1.807, 2.05) is 24.4 Å². The van der Waals surface area contributed by atoms with Gasteiger partial charge in [0.25, 0.3) is 0 Å². The van der Waals surface area contributed by atoms with Crippen molar-refractivity contribution < 1.29 is 19.4 Å². The lowest BCUT2D eigenvalue weighted by Crippen LogP contribution is -2.25. The molecule has 1 aromatic carbocycles. The Labute approximate surface area is 181 Å². The van der Waals surface area contributed by atoms with Crippen molar-refractivity contribution in [3.63, 3.8) is 0 Å². The van der Waals surface area contributed by atoms with Crippen LogP contribution >= 0.6 is 0 Å². The number of benzene rings is 1. The third-order valence-electron chi connectivity index (χ3n) is 4.43. The zero-order valence-electron chi connectivity index (χ0n) is 17.0. The summed E-state index contributed by atoms with van der Waals surface area (Å²) in [4.78, 5) is 24.4. The molecule has 10 nitrogen and oxygen atoms in total. The van der Waals surface area contributed by atoms with Crippen LogP contribution in [0.15, 0.2) is 30.7 Å². The minimum Gasteiger partial charge on any atom is -0.493 e. The molecule has 0 amide bonds. The number of carbonyl (C=O) groups is 1. The second-order valence-electron chi connectivity index (χ2n) is 6.81. The molecule has 0 aliphatic heterocycles. The van der Waals surface area contributed by atoms with Crippen molar-refractivity contribution in [1.82, 2.24) is 19.9 Å². The number of carboxylic acid groups (broad SMARTS) is 1. The molecule has 10 heteroatoms. The Morgan fingerprint density at radius 3 is 2.84 bits per heavy atom. The van der Waals surface area contributed by atoms with E-state index in [0.717, 1.165) is 23.1 Å². The molecular formula is C21H30N6O4. The first-order chi connectivity index (χ1) is 14.5. The summed E-state index contributed by atoms with van der Waals surface area (Å²) in [5.74, 6) is 0.963. The highest BCUT2D eigenvalue weighted by Gasteiger charge is 2.15. The molecule has 0 spiro atoms. The van der Waals surface area contributed by atoms with Crippen LogP contribution in [0.1, 0.15) is 19.4 Å². The minimum absolute atomic E-state index is 0. The smallest absolute Gasteiger partial charge is 0.317 e. The molecule has 168 valence electrons. The number of H-pyrrole nitrogens is 1.